The number of nitrogens with one attached hydrogen (secondary N) is 1. The lowest BCUT2D eigenvalue weighted by Crippen LogP contribution is -2.48. The summed E-state index contributed by atoms with van der Waals surface area (Å²) < 4.78 is 0. The van der Waals surface area contributed by atoms with Crippen LogP contribution in [0.15, 0.2) is 30.3 Å². The maximum Gasteiger partial charge on any atom is 0.237 e. The van der Waals surface area contributed by atoms with Gasteiger partial charge < -0.3 is 10.4 Å². The third-order valence-corrected chi connectivity index (χ3v) is 3.21. The Labute approximate surface area is 106 Å². The van der Waals surface area contributed by atoms with Crippen LogP contribution in [0.25, 0.3) is 0 Å². The molecule has 1 atom stereocenters. The average Bonchev–Trinajstić information content (AvgIpc) is 2.35. The summed E-state index contributed by atoms with van der Waals surface area (Å²) >= 11 is 0. The van der Waals surface area contributed by atoms with Crippen LogP contribution in [0, 0.1) is 17.2 Å². The highest BCUT2D eigenvalue weighted by atomic mass is 16.3. The number of aliphatic hydroxyl groups is 1. The van der Waals surface area contributed by atoms with Gasteiger partial charge in [-0.3, -0.25) is 4.79 Å². The van der Waals surface area contributed by atoms with E-state index < -0.39 is 5.92 Å². The minimum atomic E-state index is -0.662. The number of amides is 1. The van der Waals surface area contributed by atoms with Gasteiger partial charge in [-0.25, -0.2) is 0 Å². The topological polar surface area (TPSA) is 73.1 Å². The van der Waals surface area contributed by atoms with E-state index in [1.807, 2.05) is 36.4 Å². The quantitative estimate of drug-likeness (QED) is 0.830. The fourth-order valence-electron chi connectivity index (χ4n) is 2.05. The number of nitriles is 1. The van der Waals surface area contributed by atoms with E-state index in [1.54, 1.807) is 0 Å². The van der Waals surface area contributed by atoms with E-state index >= 15 is 0 Å². The van der Waals surface area contributed by atoms with Crippen molar-refractivity contribution in [3.63, 3.8) is 0 Å². The fourth-order valence-corrected chi connectivity index (χ4v) is 2.05. The molecule has 2 rings (SSSR count). The molecule has 18 heavy (non-hydrogen) atoms. The zero-order valence-corrected chi connectivity index (χ0v) is 10.0. The molecule has 1 aromatic carbocycles. The van der Waals surface area contributed by atoms with Crippen LogP contribution >= 0.6 is 0 Å². The van der Waals surface area contributed by atoms with Gasteiger partial charge in [-0.1, -0.05) is 30.3 Å². The van der Waals surface area contributed by atoms with Crippen LogP contribution in [0.3, 0.4) is 0 Å². The molecule has 0 bridgehead atoms. The Kier molecular flexibility index (Phi) is 3.96. The monoisotopic (exact) mass is 244 g/mol. The molecule has 0 heterocycles. The summed E-state index contributed by atoms with van der Waals surface area (Å²) in [7, 11) is 0. The molecule has 1 fully saturated rings. The largest absolute Gasteiger partial charge is 0.393 e. The van der Waals surface area contributed by atoms with Crippen LogP contribution in [-0.4, -0.2) is 23.2 Å². The van der Waals surface area contributed by atoms with Gasteiger partial charge in [0.05, 0.1) is 12.2 Å². The molecular formula is C14H16N2O2. The van der Waals surface area contributed by atoms with Gasteiger partial charge in [-0.2, -0.15) is 5.26 Å². The van der Waals surface area contributed by atoms with Crippen molar-refractivity contribution in [2.45, 2.75) is 31.4 Å². The van der Waals surface area contributed by atoms with Gasteiger partial charge in [0, 0.05) is 6.04 Å². The third kappa shape index (κ3) is 3.08. The molecule has 0 spiro atoms. The van der Waals surface area contributed by atoms with Gasteiger partial charge in [0.15, 0.2) is 0 Å². The average molecular weight is 244 g/mol. The number of hydrogen-bond acceptors (Lipinski definition) is 3. The number of aliphatic hydroxyl groups excluding tert-OH is 1. The Hall–Kier alpha value is -1.86. The molecule has 4 nitrogen and oxygen atoms in total. The van der Waals surface area contributed by atoms with Crippen molar-refractivity contribution in [3.8, 4) is 6.07 Å². The van der Waals surface area contributed by atoms with Crippen LogP contribution in [0.2, 0.25) is 0 Å². The molecule has 1 aliphatic carbocycles. The number of benzene rings is 1. The van der Waals surface area contributed by atoms with Crippen molar-refractivity contribution in [1.82, 2.24) is 5.32 Å². The summed E-state index contributed by atoms with van der Waals surface area (Å²) in [5.41, 5.74) is 0.979. The van der Waals surface area contributed by atoms with E-state index in [0.717, 1.165) is 5.56 Å². The van der Waals surface area contributed by atoms with Crippen molar-refractivity contribution in [3.05, 3.63) is 35.9 Å². The fraction of sp³-hybridized carbons (Fsp3) is 0.429. The first-order valence-corrected chi connectivity index (χ1v) is 6.11. The second-order valence-electron chi connectivity index (χ2n) is 4.70. The lowest BCUT2D eigenvalue weighted by atomic mass is 9.88. The number of hydrogen-bond donors (Lipinski definition) is 2. The zero-order chi connectivity index (χ0) is 13.0. The van der Waals surface area contributed by atoms with Crippen molar-refractivity contribution in [2.24, 2.45) is 5.92 Å². The number of nitrogens with zero attached hydrogens (tertiary/aromatic N) is 1. The van der Waals surface area contributed by atoms with Gasteiger partial charge in [0.25, 0.3) is 0 Å². The van der Waals surface area contributed by atoms with Gasteiger partial charge >= 0.3 is 0 Å². The maximum absolute atomic E-state index is 11.9. The molecule has 1 unspecified atom stereocenters. The van der Waals surface area contributed by atoms with Crippen LogP contribution < -0.4 is 5.32 Å². The van der Waals surface area contributed by atoms with Crippen LogP contribution in [0.4, 0.5) is 0 Å². The first-order valence-electron chi connectivity index (χ1n) is 6.11. The molecule has 0 radical (unpaired) electrons. The Morgan fingerprint density at radius 1 is 1.44 bits per heavy atom. The van der Waals surface area contributed by atoms with Gasteiger partial charge in [-0.15, -0.1) is 0 Å². The first kappa shape index (κ1) is 12.6. The molecule has 2 N–H and O–H groups in total. The van der Waals surface area contributed by atoms with E-state index in [2.05, 4.69) is 5.32 Å². The van der Waals surface area contributed by atoms with Crippen LogP contribution in [0.5, 0.6) is 0 Å². The Morgan fingerprint density at radius 2 is 2.11 bits per heavy atom. The zero-order valence-electron chi connectivity index (χ0n) is 10.0. The highest BCUT2D eigenvalue weighted by Gasteiger charge is 2.30. The highest BCUT2D eigenvalue weighted by molar-refractivity contribution is 5.81. The van der Waals surface area contributed by atoms with Crippen LogP contribution in [0.1, 0.15) is 18.4 Å². The molecule has 1 saturated carbocycles. The summed E-state index contributed by atoms with van der Waals surface area (Å²) in [6.45, 7) is 0. The minimum absolute atomic E-state index is 0.0270. The molecule has 0 aliphatic heterocycles. The Balaban J connectivity index is 1.88. The maximum atomic E-state index is 11.9. The third-order valence-electron chi connectivity index (χ3n) is 3.21. The Morgan fingerprint density at radius 3 is 2.67 bits per heavy atom. The Bertz CT molecular complexity index is 447. The summed E-state index contributed by atoms with van der Waals surface area (Å²) in [4.78, 5) is 11.9. The SMILES string of the molecule is N#CC(Cc1ccccc1)C(=O)NC1CC(O)C1. The number of carbonyl (C=O) groups excluding carboxylic acids is 1. The van der Waals surface area contributed by atoms with E-state index in [1.165, 1.54) is 0 Å². The smallest absolute Gasteiger partial charge is 0.237 e. The summed E-state index contributed by atoms with van der Waals surface area (Å²) in [5, 5.41) is 21.0. The lowest BCUT2D eigenvalue weighted by molar-refractivity contribution is -0.125. The standard InChI is InChI=1S/C14H16N2O2/c15-9-11(6-10-4-2-1-3-5-10)14(18)16-12-7-13(17)8-12/h1-5,11-13,17H,6-8H2,(H,16,18). The first-order chi connectivity index (χ1) is 8.69. The number of carbonyl (C=O) groups is 1. The van der Waals surface area contributed by atoms with Crippen molar-refractivity contribution in [1.29, 1.82) is 5.26 Å². The predicted octanol–water partition coefficient (Wildman–Crippen LogP) is 1.01. The van der Waals surface area contributed by atoms with Gasteiger partial charge in [-0.05, 0) is 24.8 Å². The van der Waals surface area contributed by atoms with Crippen molar-refractivity contribution in [2.75, 3.05) is 0 Å². The van der Waals surface area contributed by atoms with E-state index in [-0.39, 0.29) is 18.1 Å². The summed E-state index contributed by atoms with van der Waals surface area (Å²) in [6.07, 6.45) is 1.31. The predicted molar refractivity (Wildman–Crippen MR) is 66.4 cm³/mol. The molecule has 1 aromatic rings. The second kappa shape index (κ2) is 5.65. The molecule has 94 valence electrons. The molecule has 0 aromatic heterocycles. The molecule has 1 amide bonds. The normalized spacial score (nSPS) is 23.6. The van der Waals surface area contributed by atoms with E-state index in [4.69, 9.17) is 10.4 Å². The molecular weight excluding hydrogens is 228 g/mol. The summed E-state index contributed by atoms with van der Waals surface area (Å²) in [6, 6.07) is 11.6. The molecule has 0 saturated heterocycles. The van der Waals surface area contributed by atoms with Gasteiger partial charge in [0.1, 0.15) is 5.92 Å². The minimum Gasteiger partial charge on any atom is -0.393 e. The van der Waals surface area contributed by atoms with Gasteiger partial charge in [0.2, 0.25) is 5.91 Å². The summed E-state index contributed by atoms with van der Waals surface area (Å²) in [5.74, 6) is -0.900. The van der Waals surface area contributed by atoms with Crippen molar-refractivity contribution < 1.29 is 9.90 Å². The molecule has 4 heteroatoms. The highest BCUT2D eigenvalue weighted by Crippen LogP contribution is 2.20. The van der Waals surface area contributed by atoms with E-state index in [0.29, 0.717) is 19.3 Å². The lowest BCUT2D eigenvalue weighted by Gasteiger charge is -2.32. The second-order valence-corrected chi connectivity index (χ2v) is 4.70. The van der Waals surface area contributed by atoms with Crippen molar-refractivity contribution >= 4 is 5.91 Å². The van der Waals surface area contributed by atoms with E-state index in [9.17, 15) is 4.79 Å². The molecule has 1 aliphatic rings. The van der Waals surface area contributed by atoms with Crippen LogP contribution in [-0.2, 0) is 11.2 Å². The number of rotatable bonds is 4.